The first-order chi connectivity index (χ1) is 9.15. The number of halogens is 10. The molecule has 1 nitrogen and oxygen atoms in total. The van der Waals surface area contributed by atoms with Gasteiger partial charge in [0, 0.05) is 0 Å². The van der Waals surface area contributed by atoms with Crippen LogP contribution in [-0.4, -0.2) is 11.3 Å². The van der Waals surface area contributed by atoms with E-state index in [2.05, 4.69) is 0 Å². The number of hydrogen-bond acceptors (Lipinski definition) is 1. The van der Waals surface area contributed by atoms with Crippen LogP contribution in [0, 0.1) is 0 Å². The first kappa shape index (κ1) is 17.9. The van der Waals surface area contributed by atoms with Crippen LogP contribution in [0.3, 0.4) is 0 Å². The van der Waals surface area contributed by atoms with Gasteiger partial charge in [0.05, 0.1) is 16.1 Å². The average molecular weight is 347 g/mol. The van der Waals surface area contributed by atoms with Gasteiger partial charge in [0.15, 0.2) is 6.10 Å². The minimum absolute atomic E-state index is 0.268. The molecular formula is C10H4ClF9O. The van der Waals surface area contributed by atoms with Crippen molar-refractivity contribution in [3.63, 3.8) is 0 Å². The molecule has 0 heterocycles. The molecule has 1 atom stereocenters. The van der Waals surface area contributed by atoms with Crippen LogP contribution < -0.4 is 0 Å². The monoisotopic (exact) mass is 346 g/mol. The summed E-state index contributed by atoms with van der Waals surface area (Å²) in [6.07, 6.45) is -19.8. The first-order valence-corrected chi connectivity index (χ1v) is 5.26. The van der Waals surface area contributed by atoms with Gasteiger partial charge in [-0.1, -0.05) is 11.6 Å². The maximum Gasteiger partial charge on any atom is 0.418 e. The second-order valence-corrected chi connectivity index (χ2v) is 4.25. The van der Waals surface area contributed by atoms with Crippen LogP contribution in [0.5, 0.6) is 0 Å². The highest BCUT2D eigenvalue weighted by atomic mass is 35.5. The Morgan fingerprint density at radius 1 is 0.810 bits per heavy atom. The summed E-state index contributed by atoms with van der Waals surface area (Å²) in [7, 11) is 0. The van der Waals surface area contributed by atoms with Crippen LogP contribution in [0.15, 0.2) is 12.1 Å². The van der Waals surface area contributed by atoms with Crippen molar-refractivity contribution in [1.82, 2.24) is 0 Å². The number of alkyl halides is 9. The molecule has 0 aliphatic rings. The molecule has 21 heavy (non-hydrogen) atoms. The van der Waals surface area contributed by atoms with Gasteiger partial charge in [-0.3, -0.25) is 0 Å². The molecule has 0 aromatic heterocycles. The molecule has 0 amide bonds. The maximum absolute atomic E-state index is 12.5. The highest BCUT2D eigenvalue weighted by molar-refractivity contribution is 6.32. The molecule has 0 fully saturated rings. The van der Waals surface area contributed by atoms with Gasteiger partial charge >= 0.3 is 18.5 Å². The summed E-state index contributed by atoms with van der Waals surface area (Å²) in [5.74, 6) is 0. The van der Waals surface area contributed by atoms with Gasteiger partial charge in [-0.15, -0.1) is 0 Å². The molecule has 0 aliphatic carbocycles. The Kier molecular flexibility index (Phi) is 4.46. The SMILES string of the molecule is OC(c1cc(C(F)(F)F)c(Cl)c(C(F)(F)F)c1)C(F)(F)F. The van der Waals surface area contributed by atoms with Crippen LogP contribution in [0.25, 0.3) is 0 Å². The van der Waals surface area contributed by atoms with Crippen molar-refractivity contribution in [1.29, 1.82) is 0 Å². The number of benzene rings is 1. The Hall–Kier alpha value is -1.16. The van der Waals surface area contributed by atoms with Crippen LogP contribution >= 0.6 is 11.6 Å². The van der Waals surface area contributed by atoms with Crippen molar-refractivity contribution < 1.29 is 44.6 Å². The molecule has 1 aromatic rings. The molecule has 1 N–H and O–H groups in total. The third kappa shape index (κ3) is 3.94. The fourth-order valence-electron chi connectivity index (χ4n) is 1.41. The summed E-state index contributed by atoms with van der Waals surface area (Å²) in [6, 6.07) is -0.536. The molecule has 0 bridgehead atoms. The zero-order valence-electron chi connectivity index (χ0n) is 9.46. The minimum atomic E-state index is -5.43. The summed E-state index contributed by atoms with van der Waals surface area (Å²) in [4.78, 5) is 0. The first-order valence-electron chi connectivity index (χ1n) is 4.88. The maximum atomic E-state index is 12.5. The van der Waals surface area contributed by atoms with Crippen LogP contribution in [0.1, 0.15) is 22.8 Å². The fraction of sp³-hybridized carbons (Fsp3) is 0.400. The lowest BCUT2D eigenvalue weighted by molar-refractivity contribution is -0.207. The van der Waals surface area contributed by atoms with Gasteiger partial charge in [0.2, 0.25) is 0 Å². The number of aliphatic hydroxyl groups excluding tert-OH is 1. The van der Waals surface area contributed by atoms with Gasteiger partial charge in [0.25, 0.3) is 0 Å². The summed E-state index contributed by atoms with van der Waals surface area (Å²) >= 11 is 4.97. The fourth-order valence-corrected chi connectivity index (χ4v) is 1.73. The quantitative estimate of drug-likeness (QED) is 0.712. The predicted molar refractivity (Wildman–Crippen MR) is 52.5 cm³/mol. The molecule has 0 saturated heterocycles. The summed E-state index contributed by atoms with van der Waals surface area (Å²) in [6.45, 7) is 0. The zero-order chi connectivity index (χ0) is 16.8. The Balaban J connectivity index is 3.63. The third-order valence-corrected chi connectivity index (χ3v) is 2.74. The van der Waals surface area contributed by atoms with Gasteiger partial charge in [-0.05, 0) is 17.7 Å². The van der Waals surface area contributed by atoms with E-state index in [9.17, 15) is 39.5 Å². The van der Waals surface area contributed by atoms with E-state index in [1.807, 2.05) is 0 Å². The molecule has 0 aliphatic heterocycles. The topological polar surface area (TPSA) is 20.2 Å². The molecule has 1 aromatic carbocycles. The van der Waals surface area contributed by atoms with E-state index in [0.29, 0.717) is 0 Å². The van der Waals surface area contributed by atoms with Gasteiger partial charge in [0.1, 0.15) is 0 Å². The third-order valence-electron chi connectivity index (χ3n) is 2.33. The Labute approximate surface area is 115 Å². The zero-order valence-corrected chi connectivity index (χ0v) is 10.2. The second kappa shape index (κ2) is 5.24. The largest absolute Gasteiger partial charge is 0.418 e. The summed E-state index contributed by atoms with van der Waals surface area (Å²) in [5, 5.41) is 7.04. The van der Waals surface area contributed by atoms with Crippen LogP contribution in [-0.2, 0) is 12.4 Å². The normalized spacial score (nSPS) is 15.2. The highest BCUT2D eigenvalue weighted by Gasteiger charge is 2.45. The van der Waals surface area contributed by atoms with E-state index in [1.54, 1.807) is 0 Å². The van der Waals surface area contributed by atoms with Crippen molar-refractivity contribution in [3.05, 3.63) is 33.8 Å². The van der Waals surface area contributed by atoms with E-state index < -0.39 is 46.3 Å². The van der Waals surface area contributed by atoms with Crippen LogP contribution in [0.2, 0.25) is 5.02 Å². The van der Waals surface area contributed by atoms with Gasteiger partial charge in [-0.25, -0.2) is 0 Å². The van der Waals surface area contributed by atoms with E-state index in [4.69, 9.17) is 16.7 Å². The molecule has 0 saturated carbocycles. The summed E-state index contributed by atoms with van der Waals surface area (Å²) in [5.41, 5.74) is -5.83. The standard InChI is InChI=1S/C10H4ClF9O/c11-6-4(8(12,13)14)1-3(7(21)10(18,19)20)2-5(6)9(15,16)17/h1-2,7,21H. The Morgan fingerprint density at radius 3 is 1.38 bits per heavy atom. The van der Waals surface area contributed by atoms with Crippen LogP contribution in [0.4, 0.5) is 39.5 Å². The van der Waals surface area contributed by atoms with Crippen molar-refractivity contribution in [2.75, 3.05) is 0 Å². The highest BCUT2D eigenvalue weighted by Crippen LogP contribution is 2.45. The number of hydrogen-bond donors (Lipinski definition) is 1. The molecule has 120 valence electrons. The van der Waals surface area contributed by atoms with Crippen molar-refractivity contribution in [2.45, 2.75) is 24.6 Å². The molecule has 1 rings (SSSR count). The number of aliphatic hydroxyl groups is 1. The molecule has 1 unspecified atom stereocenters. The van der Waals surface area contributed by atoms with Crippen molar-refractivity contribution in [3.8, 4) is 0 Å². The minimum Gasteiger partial charge on any atom is -0.379 e. The van der Waals surface area contributed by atoms with E-state index in [-0.39, 0.29) is 12.1 Å². The molecule has 11 heteroatoms. The van der Waals surface area contributed by atoms with E-state index in [1.165, 1.54) is 0 Å². The summed E-state index contributed by atoms with van der Waals surface area (Å²) < 4.78 is 112. The average Bonchev–Trinajstić information content (AvgIpc) is 2.23. The lowest BCUT2D eigenvalue weighted by Gasteiger charge is -2.20. The number of rotatable bonds is 1. The Bertz CT molecular complexity index is 494. The molecule has 0 radical (unpaired) electrons. The van der Waals surface area contributed by atoms with Crippen molar-refractivity contribution >= 4 is 11.6 Å². The van der Waals surface area contributed by atoms with Gasteiger partial charge in [-0.2, -0.15) is 39.5 Å². The molecule has 0 spiro atoms. The van der Waals surface area contributed by atoms with Gasteiger partial charge < -0.3 is 5.11 Å². The second-order valence-electron chi connectivity index (χ2n) is 3.87. The Morgan fingerprint density at radius 2 is 1.14 bits per heavy atom. The molecular weight excluding hydrogens is 343 g/mol. The predicted octanol–water partition coefficient (Wildman–Crippen LogP) is 4.97. The lowest BCUT2D eigenvalue weighted by Crippen LogP contribution is -2.22. The van der Waals surface area contributed by atoms with Crippen molar-refractivity contribution in [2.24, 2.45) is 0 Å². The van der Waals surface area contributed by atoms with E-state index in [0.717, 1.165) is 0 Å². The lowest BCUT2D eigenvalue weighted by atomic mass is 10.0. The smallest absolute Gasteiger partial charge is 0.379 e. The van der Waals surface area contributed by atoms with E-state index >= 15 is 0 Å².